The number of aromatic nitrogens is 2. The summed E-state index contributed by atoms with van der Waals surface area (Å²) in [6.07, 6.45) is 10.5. The first-order valence-corrected chi connectivity index (χ1v) is 5.14. The summed E-state index contributed by atoms with van der Waals surface area (Å²) in [6.45, 7) is 0. The third-order valence-electron chi connectivity index (χ3n) is 3.43. The molecule has 0 spiro atoms. The molecule has 1 aromatic heterocycles. The predicted octanol–water partition coefficient (Wildman–Crippen LogP) is 2.77. The Kier molecular flexibility index (Phi) is 1.54. The summed E-state index contributed by atoms with van der Waals surface area (Å²) in [5.41, 5.74) is 4.80. The third-order valence-corrected chi connectivity index (χ3v) is 3.43. The molecule has 1 aromatic rings. The van der Waals surface area contributed by atoms with Crippen molar-refractivity contribution >= 4 is 0 Å². The molecular formula is C11H14N2. The van der Waals surface area contributed by atoms with E-state index in [1.54, 1.807) is 17.5 Å². The summed E-state index contributed by atoms with van der Waals surface area (Å²) in [4.78, 5) is 7.35. The van der Waals surface area contributed by atoms with Gasteiger partial charge in [0, 0.05) is 17.8 Å². The molecule has 3 rings (SSSR count). The third kappa shape index (κ3) is 1.05. The van der Waals surface area contributed by atoms with E-state index in [1.807, 2.05) is 6.20 Å². The maximum atomic E-state index is 4.10. The van der Waals surface area contributed by atoms with E-state index in [0.717, 1.165) is 0 Å². The van der Waals surface area contributed by atoms with Gasteiger partial charge in [-0.3, -0.25) is 0 Å². The molecule has 0 saturated carbocycles. The van der Waals surface area contributed by atoms with Gasteiger partial charge >= 0.3 is 0 Å². The Hall–Kier alpha value is -1.05. The van der Waals surface area contributed by atoms with Crippen LogP contribution < -0.4 is 0 Å². The minimum absolute atomic E-state index is 0.681. The van der Waals surface area contributed by atoms with Gasteiger partial charge in [-0.15, -0.1) is 0 Å². The van der Waals surface area contributed by atoms with Gasteiger partial charge in [-0.2, -0.15) is 0 Å². The maximum absolute atomic E-state index is 4.10. The van der Waals surface area contributed by atoms with Crippen LogP contribution in [0.25, 0.3) is 0 Å². The van der Waals surface area contributed by atoms with Crippen LogP contribution in [0, 0.1) is 0 Å². The number of aromatic amines is 1. The highest BCUT2D eigenvalue weighted by atomic mass is 14.9. The quantitative estimate of drug-likeness (QED) is 0.651. The number of nitrogens with one attached hydrogen (secondary N) is 1. The summed E-state index contributed by atoms with van der Waals surface area (Å²) >= 11 is 0. The van der Waals surface area contributed by atoms with Crippen molar-refractivity contribution in [2.75, 3.05) is 0 Å². The summed E-state index contributed by atoms with van der Waals surface area (Å²) in [5.74, 6) is 0.681. The molecule has 0 radical (unpaired) electrons. The van der Waals surface area contributed by atoms with Crippen LogP contribution in [0.15, 0.2) is 23.7 Å². The lowest BCUT2D eigenvalue weighted by Gasteiger charge is -2.10. The van der Waals surface area contributed by atoms with Gasteiger partial charge in [-0.25, -0.2) is 4.98 Å². The molecule has 0 aliphatic heterocycles. The second-order valence-corrected chi connectivity index (χ2v) is 4.08. The Labute approximate surface area is 78.1 Å². The highest BCUT2D eigenvalue weighted by molar-refractivity contribution is 5.34. The van der Waals surface area contributed by atoms with Crippen molar-refractivity contribution in [2.45, 2.75) is 38.0 Å². The minimum atomic E-state index is 0.681. The van der Waals surface area contributed by atoms with Gasteiger partial charge in [0.2, 0.25) is 0 Å². The Bertz CT molecular complexity index is 335. The molecule has 1 unspecified atom stereocenters. The average Bonchev–Trinajstić information content (AvgIpc) is 2.79. The molecule has 13 heavy (non-hydrogen) atoms. The predicted molar refractivity (Wildman–Crippen MR) is 51.4 cm³/mol. The molecule has 0 bridgehead atoms. The van der Waals surface area contributed by atoms with Gasteiger partial charge < -0.3 is 4.98 Å². The van der Waals surface area contributed by atoms with Crippen LogP contribution in [0.2, 0.25) is 0 Å². The van der Waals surface area contributed by atoms with E-state index in [0.29, 0.717) is 5.92 Å². The molecule has 1 atom stereocenters. The van der Waals surface area contributed by atoms with Gasteiger partial charge in [0.1, 0.15) is 0 Å². The fourth-order valence-corrected chi connectivity index (χ4v) is 2.83. The number of hydrogen-bond acceptors (Lipinski definition) is 1. The summed E-state index contributed by atoms with van der Waals surface area (Å²) in [5, 5.41) is 0. The van der Waals surface area contributed by atoms with Crippen molar-refractivity contribution in [3.8, 4) is 0 Å². The van der Waals surface area contributed by atoms with Crippen LogP contribution in [0.4, 0.5) is 0 Å². The minimum Gasteiger partial charge on any atom is -0.348 e. The smallest absolute Gasteiger partial charge is 0.0921 e. The van der Waals surface area contributed by atoms with E-state index in [1.165, 1.54) is 37.8 Å². The second-order valence-electron chi connectivity index (χ2n) is 4.08. The highest BCUT2D eigenvalue weighted by Gasteiger charge is 2.29. The van der Waals surface area contributed by atoms with E-state index >= 15 is 0 Å². The first kappa shape index (κ1) is 7.36. The molecule has 2 aliphatic rings. The van der Waals surface area contributed by atoms with Crippen LogP contribution in [0.1, 0.15) is 43.7 Å². The van der Waals surface area contributed by atoms with Gasteiger partial charge in [0.05, 0.1) is 6.33 Å². The monoisotopic (exact) mass is 174 g/mol. The lowest BCUT2D eigenvalue weighted by molar-refractivity contribution is 0.687. The highest BCUT2D eigenvalue weighted by Crippen LogP contribution is 2.46. The Morgan fingerprint density at radius 2 is 2.31 bits per heavy atom. The molecule has 0 aromatic carbocycles. The maximum Gasteiger partial charge on any atom is 0.0921 e. The number of imidazole rings is 1. The van der Waals surface area contributed by atoms with Gasteiger partial charge in [-0.05, 0) is 32.1 Å². The van der Waals surface area contributed by atoms with Gasteiger partial charge in [0.15, 0.2) is 0 Å². The largest absolute Gasteiger partial charge is 0.348 e. The topological polar surface area (TPSA) is 28.7 Å². The van der Waals surface area contributed by atoms with Crippen molar-refractivity contribution in [3.05, 3.63) is 29.4 Å². The number of rotatable bonds is 1. The number of nitrogens with zero attached hydrogens (tertiary/aromatic N) is 1. The molecule has 2 aliphatic carbocycles. The van der Waals surface area contributed by atoms with E-state index < -0.39 is 0 Å². The first-order valence-electron chi connectivity index (χ1n) is 5.14. The second kappa shape index (κ2) is 2.72. The van der Waals surface area contributed by atoms with Crippen LogP contribution >= 0.6 is 0 Å². The molecular weight excluding hydrogens is 160 g/mol. The molecule has 1 N–H and O–H groups in total. The summed E-state index contributed by atoms with van der Waals surface area (Å²) < 4.78 is 0. The molecule has 2 nitrogen and oxygen atoms in total. The Morgan fingerprint density at radius 3 is 3.15 bits per heavy atom. The molecule has 0 saturated heterocycles. The average molecular weight is 174 g/mol. The summed E-state index contributed by atoms with van der Waals surface area (Å²) in [7, 11) is 0. The Balaban J connectivity index is 1.95. The van der Waals surface area contributed by atoms with Crippen molar-refractivity contribution in [1.82, 2.24) is 9.97 Å². The Morgan fingerprint density at radius 1 is 1.31 bits per heavy atom. The van der Waals surface area contributed by atoms with E-state index in [-0.39, 0.29) is 0 Å². The SMILES string of the molecule is c1ncc(C2CCC3=C2CCC3)[nH]1. The van der Waals surface area contributed by atoms with Crippen molar-refractivity contribution in [2.24, 2.45) is 0 Å². The fraction of sp³-hybridized carbons (Fsp3) is 0.545. The fourth-order valence-electron chi connectivity index (χ4n) is 2.83. The van der Waals surface area contributed by atoms with E-state index in [4.69, 9.17) is 0 Å². The zero-order valence-electron chi connectivity index (χ0n) is 7.71. The standard InChI is InChI=1S/C11H14N2/c1-2-8-4-5-10(9(8)3-1)11-6-12-7-13-11/h6-7,10H,1-5H2,(H,12,13). The number of H-pyrrole nitrogens is 1. The first-order chi connectivity index (χ1) is 6.45. The van der Waals surface area contributed by atoms with Gasteiger partial charge in [0.25, 0.3) is 0 Å². The van der Waals surface area contributed by atoms with Crippen LogP contribution in [0.3, 0.4) is 0 Å². The number of hydrogen-bond donors (Lipinski definition) is 1. The van der Waals surface area contributed by atoms with E-state index in [9.17, 15) is 0 Å². The molecule has 0 amide bonds. The lowest BCUT2D eigenvalue weighted by atomic mass is 9.96. The van der Waals surface area contributed by atoms with Crippen LogP contribution in [-0.4, -0.2) is 9.97 Å². The number of allylic oxidation sites excluding steroid dienone is 2. The molecule has 2 heteroatoms. The van der Waals surface area contributed by atoms with Crippen LogP contribution in [-0.2, 0) is 0 Å². The van der Waals surface area contributed by atoms with Crippen molar-refractivity contribution in [3.63, 3.8) is 0 Å². The van der Waals surface area contributed by atoms with Crippen LogP contribution in [0.5, 0.6) is 0 Å². The summed E-state index contributed by atoms with van der Waals surface area (Å²) in [6, 6.07) is 0. The zero-order chi connectivity index (χ0) is 8.67. The van der Waals surface area contributed by atoms with Gasteiger partial charge in [-0.1, -0.05) is 11.1 Å². The van der Waals surface area contributed by atoms with Crippen molar-refractivity contribution in [1.29, 1.82) is 0 Å². The molecule has 1 heterocycles. The van der Waals surface area contributed by atoms with E-state index in [2.05, 4.69) is 9.97 Å². The van der Waals surface area contributed by atoms with Crippen molar-refractivity contribution < 1.29 is 0 Å². The zero-order valence-corrected chi connectivity index (χ0v) is 7.71. The normalized spacial score (nSPS) is 26.9. The molecule has 0 fully saturated rings. The lowest BCUT2D eigenvalue weighted by Crippen LogP contribution is -1.97. The molecule has 68 valence electrons.